The molecule has 3 aromatic rings. The molecule has 3 atom stereocenters. The number of carbonyl (C=O) groups is 1. The summed E-state index contributed by atoms with van der Waals surface area (Å²) in [7, 11) is 0. The number of hydrogen-bond acceptors (Lipinski definition) is 4. The first-order valence-corrected chi connectivity index (χ1v) is 18.1. The Hall–Kier alpha value is -3.47. The van der Waals surface area contributed by atoms with Crippen molar-refractivity contribution in [3.05, 3.63) is 82.4 Å². The van der Waals surface area contributed by atoms with Crippen molar-refractivity contribution in [3.63, 3.8) is 0 Å². The molecule has 256 valence electrons. The number of ether oxygens (including phenoxy) is 2. The SMILES string of the molecule is Cc1c(C)c2c(c(COc3ccc(NC(=O)c4ccccc4)cc3)c1O)CC[C@@](C)(CCC[C@H](C)CCC[C@H](C)CCCC(C)C)O2. The van der Waals surface area contributed by atoms with Crippen molar-refractivity contribution in [2.24, 2.45) is 17.8 Å². The van der Waals surface area contributed by atoms with E-state index in [1.165, 1.54) is 51.4 Å². The lowest BCUT2D eigenvalue weighted by atomic mass is 9.83. The van der Waals surface area contributed by atoms with Gasteiger partial charge >= 0.3 is 0 Å². The lowest BCUT2D eigenvalue weighted by molar-refractivity contribution is 0.0507. The highest BCUT2D eigenvalue weighted by atomic mass is 16.5. The van der Waals surface area contributed by atoms with Gasteiger partial charge in [-0.3, -0.25) is 4.79 Å². The van der Waals surface area contributed by atoms with Crippen molar-refractivity contribution < 1.29 is 19.4 Å². The minimum Gasteiger partial charge on any atom is -0.507 e. The summed E-state index contributed by atoms with van der Waals surface area (Å²) in [5.41, 5.74) is 4.83. The van der Waals surface area contributed by atoms with E-state index in [1.54, 1.807) is 12.1 Å². The number of carbonyl (C=O) groups excluding carboxylic acids is 1. The van der Waals surface area contributed by atoms with Gasteiger partial charge in [0.2, 0.25) is 0 Å². The largest absolute Gasteiger partial charge is 0.507 e. The zero-order chi connectivity index (χ0) is 34.0. The lowest BCUT2D eigenvalue weighted by Gasteiger charge is -2.38. The van der Waals surface area contributed by atoms with E-state index in [4.69, 9.17) is 9.47 Å². The molecule has 1 aliphatic heterocycles. The van der Waals surface area contributed by atoms with Gasteiger partial charge in [-0.15, -0.1) is 0 Å². The van der Waals surface area contributed by atoms with E-state index in [0.717, 1.165) is 65.0 Å². The molecule has 1 amide bonds. The highest BCUT2D eigenvalue weighted by Gasteiger charge is 2.35. The van der Waals surface area contributed by atoms with E-state index in [-0.39, 0.29) is 18.1 Å². The van der Waals surface area contributed by atoms with Gasteiger partial charge in [-0.2, -0.15) is 0 Å². The zero-order valence-corrected chi connectivity index (χ0v) is 30.1. The predicted octanol–water partition coefficient (Wildman–Crippen LogP) is 11.4. The van der Waals surface area contributed by atoms with Gasteiger partial charge in [0, 0.05) is 22.4 Å². The number of aromatic hydroxyl groups is 1. The number of fused-ring (bicyclic) bond motifs is 1. The van der Waals surface area contributed by atoms with Crippen molar-refractivity contribution in [1.82, 2.24) is 0 Å². The highest BCUT2D eigenvalue weighted by Crippen LogP contribution is 2.45. The minimum absolute atomic E-state index is 0.152. The third kappa shape index (κ3) is 10.5. The van der Waals surface area contributed by atoms with Gasteiger partial charge in [0.1, 0.15) is 29.5 Å². The molecule has 3 aromatic carbocycles. The van der Waals surface area contributed by atoms with Crippen LogP contribution in [0.5, 0.6) is 17.2 Å². The molecule has 0 fully saturated rings. The first-order valence-electron chi connectivity index (χ1n) is 18.1. The van der Waals surface area contributed by atoms with Gasteiger partial charge in [0.15, 0.2) is 0 Å². The molecular weight excluding hydrogens is 582 g/mol. The fraction of sp³-hybridized carbons (Fsp3) is 0.548. The van der Waals surface area contributed by atoms with E-state index in [9.17, 15) is 9.90 Å². The number of hydrogen-bond donors (Lipinski definition) is 2. The minimum atomic E-state index is -0.204. The van der Waals surface area contributed by atoms with Gasteiger partial charge < -0.3 is 19.9 Å². The van der Waals surface area contributed by atoms with Crippen LogP contribution in [0.2, 0.25) is 0 Å². The topological polar surface area (TPSA) is 67.8 Å². The second kappa shape index (κ2) is 17.1. The number of nitrogens with one attached hydrogen (secondary N) is 1. The Bertz CT molecular complexity index is 1430. The number of anilines is 1. The molecule has 47 heavy (non-hydrogen) atoms. The Morgan fingerprint density at radius 2 is 1.49 bits per heavy atom. The highest BCUT2D eigenvalue weighted by molar-refractivity contribution is 6.04. The van der Waals surface area contributed by atoms with Crippen LogP contribution in [0.4, 0.5) is 5.69 Å². The fourth-order valence-corrected chi connectivity index (χ4v) is 6.89. The third-order valence-electron chi connectivity index (χ3n) is 10.2. The number of rotatable bonds is 17. The summed E-state index contributed by atoms with van der Waals surface area (Å²) in [6.07, 6.45) is 13.4. The maximum atomic E-state index is 12.5. The van der Waals surface area contributed by atoms with Crippen LogP contribution in [-0.4, -0.2) is 16.6 Å². The van der Waals surface area contributed by atoms with Crippen molar-refractivity contribution in [3.8, 4) is 17.2 Å². The van der Waals surface area contributed by atoms with Crippen LogP contribution in [-0.2, 0) is 13.0 Å². The Morgan fingerprint density at radius 3 is 2.13 bits per heavy atom. The van der Waals surface area contributed by atoms with E-state index < -0.39 is 0 Å². The molecule has 0 unspecified atom stereocenters. The molecule has 0 aromatic heterocycles. The van der Waals surface area contributed by atoms with Crippen LogP contribution >= 0.6 is 0 Å². The van der Waals surface area contributed by atoms with E-state index >= 15 is 0 Å². The lowest BCUT2D eigenvalue weighted by Crippen LogP contribution is -2.37. The Kier molecular flexibility index (Phi) is 13.2. The Morgan fingerprint density at radius 1 is 0.872 bits per heavy atom. The first-order chi connectivity index (χ1) is 22.5. The van der Waals surface area contributed by atoms with E-state index in [1.807, 2.05) is 49.4 Å². The number of phenolic OH excluding ortho intramolecular Hbond substituents is 1. The van der Waals surface area contributed by atoms with Crippen LogP contribution in [0.3, 0.4) is 0 Å². The van der Waals surface area contributed by atoms with Gasteiger partial charge in [-0.05, 0) is 112 Å². The van der Waals surface area contributed by atoms with Crippen LogP contribution in [0.25, 0.3) is 0 Å². The quantitative estimate of drug-likeness (QED) is 0.154. The summed E-state index contributed by atoms with van der Waals surface area (Å²) < 4.78 is 13.0. The summed E-state index contributed by atoms with van der Waals surface area (Å²) in [5, 5.41) is 14.1. The zero-order valence-electron chi connectivity index (χ0n) is 30.1. The molecule has 0 aliphatic carbocycles. The second-order valence-electron chi connectivity index (χ2n) is 14.9. The summed E-state index contributed by atoms with van der Waals surface area (Å²) in [4.78, 5) is 12.5. The number of benzene rings is 3. The summed E-state index contributed by atoms with van der Waals surface area (Å²) in [5.74, 6) is 4.15. The van der Waals surface area contributed by atoms with Crippen molar-refractivity contribution in [2.45, 2.75) is 131 Å². The van der Waals surface area contributed by atoms with E-state index in [2.05, 4.69) is 46.9 Å². The maximum absolute atomic E-state index is 12.5. The van der Waals surface area contributed by atoms with Gasteiger partial charge in [-0.1, -0.05) is 90.8 Å². The number of phenols is 1. The standard InChI is InChI=1S/C42H59NO4/c1-29(2)14-11-15-30(3)16-12-17-31(4)18-13-26-42(7)27-25-37-38(39(44)32(5)33(6)40(37)47-42)28-46-36-23-21-35(22-24-36)43-41(45)34-19-9-8-10-20-34/h8-10,19-24,29-31,44H,11-18,25-28H2,1-7H3,(H,43,45)/t30-,31-,42-/m1/s1. The summed E-state index contributed by atoms with van der Waals surface area (Å²) in [6, 6.07) is 16.5. The fourth-order valence-electron chi connectivity index (χ4n) is 6.89. The smallest absolute Gasteiger partial charge is 0.255 e. The van der Waals surface area contributed by atoms with Crippen LogP contribution in [0, 0.1) is 31.6 Å². The van der Waals surface area contributed by atoms with Crippen LogP contribution in [0.1, 0.15) is 131 Å². The molecule has 0 bridgehead atoms. The molecular formula is C42H59NO4. The molecule has 1 aliphatic rings. The molecule has 0 saturated heterocycles. The van der Waals surface area contributed by atoms with Gasteiger partial charge in [0.25, 0.3) is 5.91 Å². The normalized spacial score (nSPS) is 17.1. The average Bonchev–Trinajstić information content (AvgIpc) is 3.05. The van der Waals surface area contributed by atoms with Crippen molar-refractivity contribution >= 4 is 11.6 Å². The second-order valence-corrected chi connectivity index (χ2v) is 14.9. The molecule has 0 spiro atoms. The molecule has 1 heterocycles. The van der Waals surface area contributed by atoms with Gasteiger partial charge in [-0.25, -0.2) is 0 Å². The Labute approximate surface area is 284 Å². The molecule has 2 N–H and O–H groups in total. The third-order valence-corrected chi connectivity index (χ3v) is 10.2. The molecule has 5 heteroatoms. The van der Waals surface area contributed by atoms with Gasteiger partial charge in [0.05, 0.1) is 0 Å². The van der Waals surface area contributed by atoms with Crippen molar-refractivity contribution in [1.29, 1.82) is 0 Å². The monoisotopic (exact) mass is 641 g/mol. The summed E-state index contributed by atoms with van der Waals surface area (Å²) in [6.45, 7) is 16.0. The number of amides is 1. The molecule has 4 rings (SSSR count). The van der Waals surface area contributed by atoms with Crippen LogP contribution < -0.4 is 14.8 Å². The van der Waals surface area contributed by atoms with Crippen molar-refractivity contribution in [2.75, 3.05) is 5.32 Å². The molecule has 0 saturated carbocycles. The van der Waals surface area contributed by atoms with Crippen LogP contribution in [0.15, 0.2) is 54.6 Å². The summed E-state index contributed by atoms with van der Waals surface area (Å²) >= 11 is 0. The maximum Gasteiger partial charge on any atom is 0.255 e. The van der Waals surface area contributed by atoms with E-state index in [0.29, 0.717) is 22.7 Å². The Balaban J connectivity index is 1.29. The predicted molar refractivity (Wildman–Crippen MR) is 195 cm³/mol. The average molecular weight is 642 g/mol. The first kappa shape index (κ1) is 36.4. The molecule has 0 radical (unpaired) electrons. The molecule has 5 nitrogen and oxygen atoms in total.